The van der Waals surface area contributed by atoms with Crippen LogP contribution >= 0.6 is 0 Å². The van der Waals surface area contributed by atoms with Crippen LogP contribution in [0.3, 0.4) is 0 Å². The molecule has 2 aromatic carbocycles. The van der Waals surface area contributed by atoms with Crippen molar-refractivity contribution in [2.75, 3.05) is 19.0 Å². The van der Waals surface area contributed by atoms with Crippen molar-refractivity contribution in [2.24, 2.45) is 0 Å². The molecule has 11 heteroatoms. The van der Waals surface area contributed by atoms with Crippen LogP contribution in [0.25, 0.3) is 16.5 Å². The van der Waals surface area contributed by atoms with Gasteiger partial charge in [0, 0.05) is 5.39 Å². The summed E-state index contributed by atoms with van der Waals surface area (Å²) in [5.74, 6) is -3.25. The number of methoxy groups -OCH3 is 1. The van der Waals surface area contributed by atoms with Gasteiger partial charge in [-0.05, 0) is 24.4 Å². The zero-order valence-corrected chi connectivity index (χ0v) is 18.1. The molecule has 1 heterocycles. The van der Waals surface area contributed by atoms with Gasteiger partial charge in [0.25, 0.3) is 5.56 Å². The Labute approximate surface area is 190 Å². The summed E-state index contributed by atoms with van der Waals surface area (Å²) in [7, 11) is 0.913. The molecule has 1 amide bonds. The van der Waals surface area contributed by atoms with Crippen molar-refractivity contribution < 1.29 is 37.0 Å². The van der Waals surface area contributed by atoms with Gasteiger partial charge in [-0.25, -0.2) is 4.79 Å². The normalized spacial score (nSPS) is 11.2. The first kappa shape index (κ1) is 24.5. The summed E-state index contributed by atoms with van der Waals surface area (Å²) < 4.78 is 51.7. The number of ether oxygens (including phenoxy) is 2. The van der Waals surface area contributed by atoms with E-state index in [0.717, 1.165) is 7.11 Å². The van der Waals surface area contributed by atoms with E-state index >= 15 is 0 Å². The number of nitrogens with one attached hydrogen (secondary N) is 1. The molecule has 0 radical (unpaired) electrons. The summed E-state index contributed by atoms with van der Waals surface area (Å²) in [6.07, 6.45) is -5.87. The molecule has 0 fully saturated rings. The van der Waals surface area contributed by atoms with Crippen molar-refractivity contribution in [2.45, 2.75) is 19.5 Å². The van der Waals surface area contributed by atoms with Crippen LogP contribution in [0, 0.1) is 0 Å². The van der Waals surface area contributed by atoms with E-state index in [1.807, 2.05) is 0 Å². The van der Waals surface area contributed by atoms with Crippen molar-refractivity contribution in [3.63, 3.8) is 0 Å². The third-order valence-corrected chi connectivity index (χ3v) is 4.79. The molecule has 34 heavy (non-hydrogen) atoms. The number of benzene rings is 2. The highest BCUT2D eigenvalue weighted by molar-refractivity contribution is 6.06. The molecule has 0 aliphatic carbocycles. The monoisotopic (exact) mass is 476 g/mol. The van der Waals surface area contributed by atoms with E-state index < -0.39 is 52.9 Å². The number of hydrogen-bond acceptors (Lipinski definition) is 6. The summed E-state index contributed by atoms with van der Waals surface area (Å²) in [6, 6.07) is 11.3. The minimum absolute atomic E-state index is 0.00626. The van der Waals surface area contributed by atoms with Crippen LogP contribution in [0.5, 0.6) is 0 Å². The van der Waals surface area contributed by atoms with E-state index in [9.17, 15) is 32.3 Å². The topological polar surface area (TPSA) is 104 Å². The SMILES string of the molecule is CCOC(=O)CC(=O)Nc1c(C(=O)OC)cc(C(F)(F)F)n(-c2cccc3ccccc23)c1=O. The van der Waals surface area contributed by atoms with E-state index in [4.69, 9.17) is 0 Å². The Morgan fingerprint density at radius 3 is 2.38 bits per heavy atom. The lowest BCUT2D eigenvalue weighted by atomic mass is 10.1. The molecule has 0 aliphatic heterocycles. The number of esters is 2. The highest BCUT2D eigenvalue weighted by atomic mass is 19.4. The Morgan fingerprint density at radius 2 is 1.74 bits per heavy atom. The summed E-state index contributed by atoms with van der Waals surface area (Å²) in [5.41, 5.74) is -4.47. The fourth-order valence-electron chi connectivity index (χ4n) is 3.38. The number of carbonyl (C=O) groups excluding carboxylic acids is 3. The minimum atomic E-state index is -5.05. The molecule has 0 aliphatic rings. The van der Waals surface area contributed by atoms with Gasteiger partial charge in [0.15, 0.2) is 0 Å². The quantitative estimate of drug-likeness (QED) is 0.430. The third kappa shape index (κ3) is 4.92. The first-order valence-electron chi connectivity index (χ1n) is 9.97. The zero-order chi connectivity index (χ0) is 25.0. The van der Waals surface area contributed by atoms with Crippen LogP contribution < -0.4 is 10.9 Å². The van der Waals surface area contributed by atoms with E-state index in [2.05, 4.69) is 14.8 Å². The maximum Gasteiger partial charge on any atom is 0.431 e. The third-order valence-electron chi connectivity index (χ3n) is 4.79. The molecule has 178 valence electrons. The minimum Gasteiger partial charge on any atom is -0.466 e. The molecular formula is C23H19F3N2O6. The van der Waals surface area contributed by atoms with Crippen molar-refractivity contribution in [1.29, 1.82) is 0 Å². The number of rotatable bonds is 6. The van der Waals surface area contributed by atoms with E-state index in [1.54, 1.807) is 24.3 Å². The highest BCUT2D eigenvalue weighted by Crippen LogP contribution is 2.34. The smallest absolute Gasteiger partial charge is 0.431 e. The summed E-state index contributed by atoms with van der Waals surface area (Å²) in [5, 5.41) is 2.97. The number of anilines is 1. The van der Waals surface area contributed by atoms with Gasteiger partial charge >= 0.3 is 18.1 Å². The molecule has 0 atom stereocenters. The van der Waals surface area contributed by atoms with Gasteiger partial charge in [-0.2, -0.15) is 13.2 Å². The number of nitrogens with zero attached hydrogens (tertiary/aromatic N) is 1. The van der Waals surface area contributed by atoms with E-state index in [0.29, 0.717) is 21.4 Å². The molecule has 3 aromatic rings. The maximum atomic E-state index is 14.1. The second-order valence-corrected chi connectivity index (χ2v) is 6.98. The van der Waals surface area contributed by atoms with Crippen molar-refractivity contribution in [3.8, 4) is 5.69 Å². The van der Waals surface area contributed by atoms with Crippen LogP contribution in [0.4, 0.5) is 18.9 Å². The first-order valence-corrected chi connectivity index (χ1v) is 9.97. The van der Waals surface area contributed by atoms with Gasteiger partial charge in [-0.1, -0.05) is 36.4 Å². The predicted molar refractivity (Wildman–Crippen MR) is 116 cm³/mol. The lowest BCUT2D eigenvalue weighted by Crippen LogP contribution is -2.33. The summed E-state index contributed by atoms with van der Waals surface area (Å²) >= 11 is 0. The fraction of sp³-hybridized carbons (Fsp3) is 0.217. The molecule has 0 bridgehead atoms. The number of hydrogen-bond donors (Lipinski definition) is 1. The Kier molecular flexibility index (Phi) is 7.04. The van der Waals surface area contributed by atoms with Crippen LogP contribution in [-0.2, 0) is 25.2 Å². The Hall–Kier alpha value is -4.15. The number of fused-ring (bicyclic) bond motifs is 1. The average Bonchev–Trinajstić information content (AvgIpc) is 2.78. The molecule has 0 saturated heterocycles. The maximum absolute atomic E-state index is 14.1. The molecule has 0 spiro atoms. The van der Waals surface area contributed by atoms with Crippen LogP contribution in [-0.4, -0.2) is 36.1 Å². The van der Waals surface area contributed by atoms with Gasteiger partial charge in [0.05, 0.1) is 25.0 Å². The Balaban J connectivity index is 2.31. The Bertz CT molecular complexity index is 1330. The lowest BCUT2D eigenvalue weighted by Gasteiger charge is -2.20. The molecule has 1 aromatic heterocycles. The number of alkyl halides is 3. The van der Waals surface area contributed by atoms with Crippen LogP contribution in [0.1, 0.15) is 29.4 Å². The number of aromatic nitrogens is 1. The molecule has 1 N–H and O–H groups in total. The number of carbonyl (C=O) groups is 3. The summed E-state index contributed by atoms with van der Waals surface area (Å²) in [6.45, 7) is 1.51. The standard InChI is InChI=1S/C23H19F3N2O6/c1-3-34-19(30)12-18(29)27-20-15(22(32)33-2)11-17(23(24,25)26)28(21(20)31)16-10-6-8-13-7-4-5-9-14(13)16/h4-11H,3,12H2,1-2H3,(H,27,29). The van der Waals surface area contributed by atoms with Gasteiger partial charge in [-0.15, -0.1) is 0 Å². The van der Waals surface area contributed by atoms with Crippen LogP contribution in [0.15, 0.2) is 53.3 Å². The van der Waals surface area contributed by atoms with Crippen molar-refractivity contribution in [1.82, 2.24) is 4.57 Å². The fourth-order valence-corrected chi connectivity index (χ4v) is 3.38. The lowest BCUT2D eigenvalue weighted by molar-refractivity contribution is -0.145. The van der Waals surface area contributed by atoms with E-state index in [1.165, 1.54) is 25.1 Å². The van der Waals surface area contributed by atoms with Crippen LogP contribution in [0.2, 0.25) is 0 Å². The molecule has 0 saturated carbocycles. The van der Waals surface area contributed by atoms with E-state index in [-0.39, 0.29) is 12.3 Å². The second kappa shape index (κ2) is 9.77. The molecular weight excluding hydrogens is 457 g/mol. The van der Waals surface area contributed by atoms with Gasteiger partial charge in [0.1, 0.15) is 17.8 Å². The van der Waals surface area contributed by atoms with Crippen molar-refractivity contribution in [3.05, 3.63) is 70.1 Å². The zero-order valence-electron chi connectivity index (χ0n) is 18.1. The Morgan fingerprint density at radius 1 is 1.06 bits per heavy atom. The number of pyridine rings is 1. The van der Waals surface area contributed by atoms with Gasteiger partial charge < -0.3 is 14.8 Å². The number of halogens is 3. The van der Waals surface area contributed by atoms with Gasteiger partial charge in [-0.3, -0.25) is 19.0 Å². The van der Waals surface area contributed by atoms with Crippen molar-refractivity contribution >= 4 is 34.3 Å². The number of amides is 1. The summed E-state index contributed by atoms with van der Waals surface area (Å²) in [4.78, 5) is 49.6. The largest absolute Gasteiger partial charge is 0.466 e. The second-order valence-electron chi connectivity index (χ2n) is 6.98. The predicted octanol–water partition coefficient (Wildman–Crippen LogP) is 3.69. The molecule has 0 unspecified atom stereocenters. The highest BCUT2D eigenvalue weighted by Gasteiger charge is 2.38. The molecule has 3 rings (SSSR count). The van der Waals surface area contributed by atoms with Gasteiger partial charge in [0.2, 0.25) is 5.91 Å². The first-order chi connectivity index (χ1) is 16.1. The molecule has 8 nitrogen and oxygen atoms in total. The average molecular weight is 476 g/mol.